The number of H-pyrrole nitrogens is 1. The van der Waals surface area contributed by atoms with Crippen molar-refractivity contribution in [1.82, 2.24) is 25.9 Å². The van der Waals surface area contributed by atoms with Gasteiger partial charge in [-0.15, -0.1) is 10.2 Å². The number of tetrazole rings is 1. The summed E-state index contributed by atoms with van der Waals surface area (Å²) < 4.78 is 0. The van der Waals surface area contributed by atoms with Crippen LogP contribution < -0.4 is 5.32 Å². The molecule has 1 amide bonds. The number of nitrogens with one attached hydrogen (secondary N) is 2. The summed E-state index contributed by atoms with van der Waals surface area (Å²) in [7, 11) is 0. The van der Waals surface area contributed by atoms with E-state index in [0.29, 0.717) is 10.8 Å². The zero-order chi connectivity index (χ0) is 14.2. The number of aromatic amines is 1. The molecule has 20 heavy (non-hydrogen) atoms. The fourth-order valence-electron chi connectivity index (χ4n) is 2.29. The second-order valence-corrected chi connectivity index (χ2v) is 5.49. The lowest BCUT2D eigenvalue weighted by molar-refractivity contribution is -0.124. The molecule has 1 saturated carbocycles. The smallest absolute Gasteiger partial charge is 0.231 e. The van der Waals surface area contributed by atoms with E-state index in [2.05, 4.69) is 25.9 Å². The standard InChI is InChI=1S/C13H14ClN5O/c1-8(11-16-18-19-17-11)15-12(20)13(6-7-13)9-2-4-10(14)5-3-9/h2-5,8H,6-7H2,1H3,(H,15,20)(H,16,17,18,19). The van der Waals surface area contributed by atoms with Crippen LogP contribution in [0.4, 0.5) is 0 Å². The highest BCUT2D eigenvalue weighted by atomic mass is 35.5. The molecule has 1 aromatic carbocycles. The SMILES string of the molecule is CC(NC(=O)C1(c2ccc(Cl)cc2)CC1)c1nn[nH]n1. The number of nitrogens with zero attached hydrogens (tertiary/aromatic N) is 3. The Morgan fingerprint density at radius 3 is 2.65 bits per heavy atom. The molecule has 3 rings (SSSR count). The second-order valence-electron chi connectivity index (χ2n) is 5.05. The summed E-state index contributed by atoms with van der Waals surface area (Å²) in [6.07, 6.45) is 1.69. The van der Waals surface area contributed by atoms with Gasteiger partial charge in [0.05, 0.1) is 11.5 Å². The molecule has 1 aromatic heterocycles. The number of aromatic nitrogens is 4. The monoisotopic (exact) mass is 291 g/mol. The minimum absolute atomic E-state index is 0.00266. The van der Waals surface area contributed by atoms with Crippen LogP contribution in [0.5, 0.6) is 0 Å². The maximum absolute atomic E-state index is 12.5. The van der Waals surface area contributed by atoms with Crippen molar-refractivity contribution in [2.45, 2.75) is 31.2 Å². The van der Waals surface area contributed by atoms with Gasteiger partial charge in [-0.1, -0.05) is 28.9 Å². The highest BCUT2D eigenvalue weighted by Crippen LogP contribution is 2.48. The van der Waals surface area contributed by atoms with Crippen LogP contribution in [0.25, 0.3) is 0 Å². The average Bonchev–Trinajstić information content (AvgIpc) is 3.06. The first-order valence-corrected chi connectivity index (χ1v) is 6.80. The molecular weight excluding hydrogens is 278 g/mol. The summed E-state index contributed by atoms with van der Waals surface area (Å²) in [5, 5.41) is 17.2. The number of halogens is 1. The summed E-state index contributed by atoms with van der Waals surface area (Å²) in [6.45, 7) is 1.83. The van der Waals surface area contributed by atoms with Crippen molar-refractivity contribution in [2.75, 3.05) is 0 Å². The molecule has 0 saturated heterocycles. The fourth-order valence-corrected chi connectivity index (χ4v) is 2.42. The maximum atomic E-state index is 12.5. The van der Waals surface area contributed by atoms with Crippen molar-refractivity contribution in [3.8, 4) is 0 Å². The van der Waals surface area contributed by atoms with Crippen molar-refractivity contribution in [3.63, 3.8) is 0 Å². The molecule has 2 aromatic rings. The van der Waals surface area contributed by atoms with Crippen LogP contribution in [-0.4, -0.2) is 26.5 Å². The molecule has 1 aliphatic rings. The van der Waals surface area contributed by atoms with E-state index in [1.54, 1.807) is 0 Å². The molecule has 0 aliphatic heterocycles. The van der Waals surface area contributed by atoms with E-state index in [1.165, 1.54) is 0 Å². The lowest BCUT2D eigenvalue weighted by atomic mass is 9.95. The van der Waals surface area contributed by atoms with Crippen molar-refractivity contribution in [3.05, 3.63) is 40.7 Å². The summed E-state index contributed by atoms with van der Waals surface area (Å²) in [6, 6.07) is 7.17. The minimum Gasteiger partial charge on any atom is -0.345 e. The first kappa shape index (κ1) is 13.1. The van der Waals surface area contributed by atoms with Crippen LogP contribution in [-0.2, 0) is 10.2 Å². The molecule has 0 radical (unpaired) electrons. The first-order valence-electron chi connectivity index (χ1n) is 6.42. The van der Waals surface area contributed by atoms with Crippen LogP contribution in [0.3, 0.4) is 0 Å². The number of carbonyl (C=O) groups is 1. The van der Waals surface area contributed by atoms with Gasteiger partial charge in [0.15, 0.2) is 5.82 Å². The summed E-state index contributed by atoms with van der Waals surface area (Å²) >= 11 is 5.89. The Kier molecular flexibility index (Phi) is 3.17. The highest BCUT2D eigenvalue weighted by Gasteiger charge is 2.51. The number of carbonyl (C=O) groups excluding carboxylic acids is 1. The summed E-state index contributed by atoms with van der Waals surface area (Å²) in [5.74, 6) is 0.474. The Morgan fingerprint density at radius 2 is 2.10 bits per heavy atom. The summed E-state index contributed by atoms with van der Waals surface area (Å²) in [5.41, 5.74) is 0.572. The van der Waals surface area contributed by atoms with E-state index in [9.17, 15) is 4.79 Å². The third-order valence-corrected chi connectivity index (χ3v) is 3.93. The Labute approximate surface area is 120 Å². The second kappa shape index (κ2) is 4.86. The molecule has 1 fully saturated rings. The number of benzene rings is 1. The van der Waals surface area contributed by atoms with Crippen molar-refractivity contribution < 1.29 is 4.79 Å². The lowest BCUT2D eigenvalue weighted by Gasteiger charge is -2.18. The zero-order valence-corrected chi connectivity index (χ0v) is 11.7. The predicted octanol–water partition coefficient (Wildman–Crippen LogP) is 1.76. The lowest BCUT2D eigenvalue weighted by Crippen LogP contribution is -2.36. The molecule has 104 valence electrons. The number of hydrogen-bond donors (Lipinski definition) is 2. The largest absolute Gasteiger partial charge is 0.345 e. The number of hydrogen-bond acceptors (Lipinski definition) is 4. The van der Waals surface area contributed by atoms with Gasteiger partial charge in [-0.3, -0.25) is 4.79 Å². The van der Waals surface area contributed by atoms with Crippen molar-refractivity contribution in [1.29, 1.82) is 0 Å². The van der Waals surface area contributed by atoms with Gasteiger partial charge in [-0.05, 0) is 37.5 Å². The molecular formula is C13H14ClN5O. The van der Waals surface area contributed by atoms with E-state index in [-0.39, 0.29) is 11.9 Å². The van der Waals surface area contributed by atoms with E-state index in [4.69, 9.17) is 11.6 Å². The van der Waals surface area contributed by atoms with Crippen LogP contribution >= 0.6 is 11.6 Å². The van der Waals surface area contributed by atoms with Gasteiger partial charge >= 0.3 is 0 Å². The van der Waals surface area contributed by atoms with Gasteiger partial charge in [0.2, 0.25) is 5.91 Å². The summed E-state index contributed by atoms with van der Waals surface area (Å²) in [4.78, 5) is 12.5. The molecule has 0 spiro atoms. The van der Waals surface area contributed by atoms with Gasteiger partial charge < -0.3 is 5.32 Å². The fraction of sp³-hybridized carbons (Fsp3) is 0.385. The van der Waals surface area contributed by atoms with Crippen molar-refractivity contribution in [2.24, 2.45) is 0 Å². The quantitative estimate of drug-likeness (QED) is 0.899. The van der Waals surface area contributed by atoms with E-state index in [1.807, 2.05) is 31.2 Å². The van der Waals surface area contributed by atoms with E-state index >= 15 is 0 Å². The Hall–Kier alpha value is -1.95. The molecule has 6 nitrogen and oxygen atoms in total. The van der Waals surface area contributed by atoms with Gasteiger partial charge in [0.25, 0.3) is 0 Å². The number of rotatable bonds is 4. The zero-order valence-electron chi connectivity index (χ0n) is 10.9. The molecule has 0 bridgehead atoms. The Bertz CT molecular complexity index is 606. The van der Waals surface area contributed by atoms with E-state index in [0.717, 1.165) is 18.4 Å². The Morgan fingerprint density at radius 1 is 1.40 bits per heavy atom. The molecule has 7 heteroatoms. The molecule has 1 unspecified atom stereocenters. The van der Waals surface area contributed by atoms with Crippen LogP contribution in [0, 0.1) is 0 Å². The molecule has 2 N–H and O–H groups in total. The first-order chi connectivity index (χ1) is 9.62. The predicted molar refractivity (Wildman–Crippen MR) is 73.1 cm³/mol. The average molecular weight is 292 g/mol. The highest BCUT2D eigenvalue weighted by molar-refractivity contribution is 6.30. The van der Waals surface area contributed by atoms with Crippen LogP contribution in [0.1, 0.15) is 37.2 Å². The van der Waals surface area contributed by atoms with Gasteiger partial charge in [0, 0.05) is 5.02 Å². The van der Waals surface area contributed by atoms with Gasteiger partial charge in [-0.25, -0.2) is 0 Å². The molecule has 1 atom stereocenters. The van der Waals surface area contributed by atoms with Gasteiger partial charge in [0.1, 0.15) is 0 Å². The van der Waals surface area contributed by atoms with Crippen LogP contribution in [0.15, 0.2) is 24.3 Å². The molecule has 1 heterocycles. The maximum Gasteiger partial charge on any atom is 0.231 e. The topological polar surface area (TPSA) is 83.6 Å². The molecule has 1 aliphatic carbocycles. The van der Waals surface area contributed by atoms with Crippen LogP contribution in [0.2, 0.25) is 5.02 Å². The third kappa shape index (κ3) is 2.27. The Balaban J connectivity index is 1.75. The normalized spacial score (nSPS) is 17.5. The van der Waals surface area contributed by atoms with E-state index < -0.39 is 5.41 Å². The van der Waals surface area contributed by atoms with Crippen molar-refractivity contribution >= 4 is 17.5 Å². The third-order valence-electron chi connectivity index (χ3n) is 3.68. The number of amides is 1. The van der Waals surface area contributed by atoms with Gasteiger partial charge in [-0.2, -0.15) is 5.21 Å². The minimum atomic E-state index is -0.428.